The summed E-state index contributed by atoms with van der Waals surface area (Å²) in [4.78, 5) is 6.68. The fourth-order valence-corrected chi connectivity index (χ4v) is 4.30. The van der Waals surface area contributed by atoms with Gasteiger partial charge >= 0.3 is 0 Å². The number of fused-ring (bicyclic) bond motifs is 3. The van der Waals surface area contributed by atoms with E-state index in [2.05, 4.69) is 34.3 Å². The van der Waals surface area contributed by atoms with Gasteiger partial charge in [-0.2, -0.15) is 0 Å². The molecular weight excluding hydrogens is 336 g/mol. The van der Waals surface area contributed by atoms with Crippen molar-refractivity contribution in [2.45, 2.75) is 44.7 Å². The highest BCUT2D eigenvalue weighted by Gasteiger charge is 2.34. The van der Waals surface area contributed by atoms with Crippen LogP contribution in [0.4, 0.5) is 5.69 Å². The smallest absolute Gasteiger partial charge is 0.147 e. The molecule has 1 aromatic carbocycles. The lowest BCUT2D eigenvalue weighted by molar-refractivity contribution is 0.553. The third-order valence-electron chi connectivity index (χ3n) is 4.82. The minimum absolute atomic E-state index is 0.0330. The van der Waals surface area contributed by atoms with Crippen LogP contribution in [0.3, 0.4) is 0 Å². The summed E-state index contributed by atoms with van der Waals surface area (Å²) in [6, 6.07) is 8.44. The topological polar surface area (TPSA) is 87.8 Å². The minimum atomic E-state index is -2.86. The lowest BCUT2D eigenvalue weighted by Crippen LogP contribution is -2.41. The van der Waals surface area contributed by atoms with Gasteiger partial charge in [-0.3, -0.25) is 4.99 Å². The van der Waals surface area contributed by atoms with Crippen molar-refractivity contribution in [3.05, 3.63) is 41.3 Å². The van der Waals surface area contributed by atoms with E-state index in [4.69, 9.17) is 5.73 Å². The lowest BCUT2D eigenvalue weighted by Gasteiger charge is -2.38. The second-order valence-electron chi connectivity index (χ2n) is 6.88. The van der Waals surface area contributed by atoms with E-state index in [1.54, 1.807) is 6.34 Å². The Bertz CT molecular complexity index is 801. The van der Waals surface area contributed by atoms with Crippen molar-refractivity contribution in [2.24, 2.45) is 10.7 Å². The van der Waals surface area contributed by atoms with Gasteiger partial charge in [0.05, 0.1) is 12.0 Å². The molecule has 0 saturated heterocycles. The zero-order valence-electron chi connectivity index (χ0n) is 14.8. The number of benzene rings is 1. The van der Waals surface area contributed by atoms with Gasteiger partial charge in [0.15, 0.2) is 0 Å². The fraction of sp³-hybridized carbons (Fsp3) is 0.500. The Labute approximate surface area is 149 Å². The first-order chi connectivity index (χ1) is 11.9. The van der Waals surface area contributed by atoms with Crippen LogP contribution in [0, 0.1) is 0 Å². The van der Waals surface area contributed by atoms with Crippen molar-refractivity contribution >= 4 is 21.9 Å². The molecule has 0 saturated carbocycles. The zero-order valence-corrected chi connectivity index (χ0v) is 15.6. The van der Waals surface area contributed by atoms with Crippen molar-refractivity contribution in [2.75, 3.05) is 16.9 Å². The molecule has 25 heavy (non-hydrogen) atoms. The molecule has 0 aromatic heterocycles. The average molecular weight is 362 g/mol. The highest BCUT2D eigenvalue weighted by atomic mass is 32.2. The number of hydrogen-bond donors (Lipinski definition) is 2. The van der Waals surface area contributed by atoms with Crippen molar-refractivity contribution < 1.29 is 8.42 Å². The third kappa shape index (κ3) is 3.81. The van der Waals surface area contributed by atoms with Crippen molar-refractivity contribution in [3.8, 4) is 0 Å². The van der Waals surface area contributed by atoms with Gasteiger partial charge in [-0.25, -0.2) is 8.42 Å². The maximum absolute atomic E-state index is 11.2. The van der Waals surface area contributed by atoms with Gasteiger partial charge in [-0.1, -0.05) is 31.0 Å². The summed E-state index contributed by atoms with van der Waals surface area (Å²) in [6.45, 7) is 2.16. The number of aliphatic imine (C=N–C) groups is 1. The Morgan fingerprint density at radius 3 is 2.80 bits per heavy atom. The van der Waals surface area contributed by atoms with E-state index in [0.29, 0.717) is 0 Å². The van der Waals surface area contributed by atoms with Crippen molar-refractivity contribution in [1.29, 1.82) is 0 Å². The molecule has 7 heteroatoms. The summed E-state index contributed by atoms with van der Waals surface area (Å²) in [7, 11) is -2.86. The molecule has 136 valence electrons. The van der Waals surface area contributed by atoms with E-state index < -0.39 is 9.84 Å². The van der Waals surface area contributed by atoms with Gasteiger partial charge in [0.1, 0.15) is 21.7 Å². The van der Waals surface area contributed by atoms with E-state index in [1.165, 1.54) is 6.26 Å². The Balaban J connectivity index is 1.69. The SMILES string of the molecule is CC(CCCCCS(C)(=O)=O)N1C(N)=C2NC=NC2c2ccccc21. The summed E-state index contributed by atoms with van der Waals surface area (Å²) in [5.74, 6) is 0.994. The van der Waals surface area contributed by atoms with E-state index in [9.17, 15) is 8.42 Å². The van der Waals surface area contributed by atoms with Crippen molar-refractivity contribution in [3.63, 3.8) is 0 Å². The van der Waals surface area contributed by atoms with E-state index in [0.717, 1.165) is 48.5 Å². The largest absolute Gasteiger partial charge is 0.384 e. The molecule has 1 aromatic rings. The highest BCUT2D eigenvalue weighted by molar-refractivity contribution is 7.90. The third-order valence-corrected chi connectivity index (χ3v) is 5.85. The second-order valence-corrected chi connectivity index (χ2v) is 9.14. The number of unbranched alkanes of at least 4 members (excludes halogenated alkanes) is 2. The molecule has 3 rings (SSSR count). The molecule has 0 aliphatic carbocycles. The Morgan fingerprint density at radius 1 is 1.28 bits per heavy atom. The monoisotopic (exact) mass is 362 g/mol. The van der Waals surface area contributed by atoms with Gasteiger partial charge < -0.3 is 16.0 Å². The predicted molar refractivity (Wildman–Crippen MR) is 102 cm³/mol. The molecule has 2 atom stereocenters. The zero-order chi connectivity index (χ0) is 18.0. The molecule has 2 aliphatic rings. The number of nitrogens with two attached hydrogens (primary N) is 1. The van der Waals surface area contributed by atoms with Crippen LogP contribution in [0.5, 0.6) is 0 Å². The predicted octanol–water partition coefficient (Wildman–Crippen LogP) is 2.30. The molecule has 0 spiro atoms. The quantitative estimate of drug-likeness (QED) is 0.727. The van der Waals surface area contributed by atoms with Crippen LogP contribution in [0.15, 0.2) is 40.8 Å². The summed E-state index contributed by atoms with van der Waals surface area (Å²) < 4.78 is 22.4. The number of anilines is 1. The summed E-state index contributed by atoms with van der Waals surface area (Å²) in [5.41, 5.74) is 9.67. The lowest BCUT2D eigenvalue weighted by atomic mass is 9.95. The molecule has 0 amide bonds. The van der Waals surface area contributed by atoms with Crippen molar-refractivity contribution in [1.82, 2.24) is 5.32 Å². The summed E-state index contributed by atoms with van der Waals surface area (Å²) >= 11 is 0. The van der Waals surface area contributed by atoms with Crippen LogP contribution >= 0.6 is 0 Å². The molecule has 6 nitrogen and oxygen atoms in total. The summed E-state index contributed by atoms with van der Waals surface area (Å²) in [6.07, 6.45) is 6.57. The normalized spacial score (nSPS) is 20.2. The molecule has 2 heterocycles. The maximum atomic E-state index is 11.2. The number of nitrogens with one attached hydrogen (secondary N) is 1. The Morgan fingerprint density at radius 2 is 2.04 bits per heavy atom. The average Bonchev–Trinajstić information content (AvgIpc) is 3.04. The fourth-order valence-electron chi connectivity index (χ4n) is 3.57. The first-order valence-electron chi connectivity index (χ1n) is 8.72. The Kier molecular flexibility index (Phi) is 5.03. The van der Waals surface area contributed by atoms with Crippen LogP contribution in [0.2, 0.25) is 0 Å². The second kappa shape index (κ2) is 7.07. The van der Waals surface area contributed by atoms with Crippen LogP contribution in [-0.2, 0) is 9.84 Å². The number of rotatable bonds is 7. The van der Waals surface area contributed by atoms with Gasteiger partial charge in [0, 0.05) is 29.3 Å². The molecule has 0 bridgehead atoms. The van der Waals surface area contributed by atoms with E-state index in [-0.39, 0.29) is 17.8 Å². The highest BCUT2D eigenvalue weighted by Crippen LogP contribution is 2.42. The Hall–Kier alpha value is -2.02. The maximum Gasteiger partial charge on any atom is 0.147 e. The van der Waals surface area contributed by atoms with Crippen LogP contribution in [0.25, 0.3) is 0 Å². The first-order valence-corrected chi connectivity index (χ1v) is 10.8. The minimum Gasteiger partial charge on any atom is -0.384 e. The van der Waals surface area contributed by atoms with Gasteiger partial charge in [0.25, 0.3) is 0 Å². The summed E-state index contributed by atoms with van der Waals surface area (Å²) in [5, 5.41) is 3.18. The molecule has 0 fully saturated rings. The first kappa shape index (κ1) is 17.8. The van der Waals surface area contributed by atoms with Crippen LogP contribution in [-0.4, -0.2) is 32.8 Å². The van der Waals surface area contributed by atoms with Gasteiger partial charge in [-0.05, 0) is 25.8 Å². The molecule has 0 radical (unpaired) electrons. The number of sulfone groups is 1. The number of hydrogen-bond acceptors (Lipinski definition) is 6. The molecule has 3 N–H and O–H groups in total. The van der Waals surface area contributed by atoms with Crippen LogP contribution < -0.4 is 16.0 Å². The molecule has 2 aliphatic heterocycles. The molecule has 2 unspecified atom stereocenters. The molecular formula is C18H26N4O2S. The van der Waals surface area contributed by atoms with E-state index in [1.807, 2.05) is 12.1 Å². The van der Waals surface area contributed by atoms with Gasteiger partial charge in [0.2, 0.25) is 0 Å². The van der Waals surface area contributed by atoms with E-state index >= 15 is 0 Å². The van der Waals surface area contributed by atoms with Gasteiger partial charge in [-0.15, -0.1) is 0 Å². The standard InChI is InChI=1S/C18H26N4O2S/c1-13(8-4-3-7-11-25(2,23)24)22-15-10-6-5-9-14(15)16-17(18(22)19)21-12-20-16/h5-6,9-10,12-13,16H,3-4,7-8,11,19H2,1-2H3,(H,20,21). The van der Waals surface area contributed by atoms with Crippen LogP contribution in [0.1, 0.15) is 44.2 Å². The number of nitrogens with zero attached hydrogens (tertiary/aromatic N) is 2. The number of para-hydroxylation sites is 1.